The molecule has 0 atom stereocenters. The predicted octanol–water partition coefficient (Wildman–Crippen LogP) is 16.1. The van der Waals surface area contributed by atoms with Gasteiger partial charge in [0.25, 0.3) is 0 Å². The zero-order valence-corrected chi connectivity index (χ0v) is 35.8. The Morgan fingerprint density at radius 1 is 0.532 bits per heavy atom. The van der Waals surface area contributed by atoms with Crippen molar-refractivity contribution in [3.8, 4) is 27.9 Å². The normalized spacial score (nSPS) is 12.5. The van der Waals surface area contributed by atoms with Crippen LogP contribution >= 0.6 is 0 Å². The van der Waals surface area contributed by atoms with Crippen LogP contribution in [0.2, 0.25) is 0 Å². The summed E-state index contributed by atoms with van der Waals surface area (Å²) in [5.41, 5.74) is 14.2. The maximum absolute atomic E-state index is 4.85. The van der Waals surface area contributed by atoms with E-state index in [1.807, 2.05) is 39.1 Å². The van der Waals surface area contributed by atoms with Gasteiger partial charge in [-0.1, -0.05) is 182 Å². The first-order chi connectivity index (χ1) is 30.5. The van der Waals surface area contributed by atoms with Crippen molar-refractivity contribution < 1.29 is 0 Å². The van der Waals surface area contributed by atoms with Gasteiger partial charge in [0, 0.05) is 34.3 Å². The average molecular weight is 800 g/mol. The summed E-state index contributed by atoms with van der Waals surface area (Å²) in [6, 6.07) is 65.9. The van der Waals surface area contributed by atoms with Crippen molar-refractivity contribution in [3.63, 3.8) is 0 Å². The summed E-state index contributed by atoms with van der Waals surface area (Å²) in [7, 11) is 1.88. The Morgan fingerprint density at radius 3 is 1.79 bits per heavy atom. The number of allylic oxidation sites excluding steroid dienone is 7. The molecule has 0 saturated carbocycles. The SMILES string of the molecule is C=C/C=C(C)\C=C/C.CN=C(/C=C(\C)c1ccccc1)n1c2ccccc2c2ccc(-c3ccc4c5ccccc5n(-c5ccc(-c6cccc7ccccc67)cc5)c4c3)cc21. The number of rotatable bonds is 7. The zero-order valence-electron chi connectivity index (χ0n) is 35.8. The number of fused-ring (bicyclic) bond motifs is 7. The summed E-state index contributed by atoms with van der Waals surface area (Å²) in [6.07, 6.45) is 10.0. The van der Waals surface area contributed by atoms with Gasteiger partial charge < -0.3 is 4.57 Å². The van der Waals surface area contributed by atoms with Gasteiger partial charge in [0.15, 0.2) is 0 Å². The molecule has 0 amide bonds. The minimum absolute atomic E-state index is 0.905. The smallest absolute Gasteiger partial charge is 0.132 e. The van der Waals surface area contributed by atoms with Crippen molar-refractivity contribution in [3.05, 3.63) is 230 Å². The summed E-state index contributed by atoms with van der Waals surface area (Å²) >= 11 is 0. The molecule has 8 aromatic carbocycles. The molecular weight excluding hydrogens is 751 g/mol. The first-order valence-corrected chi connectivity index (χ1v) is 21.3. The highest BCUT2D eigenvalue weighted by Crippen LogP contribution is 2.38. The van der Waals surface area contributed by atoms with Crippen molar-refractivity contribution >= 4 is 65.8 Å². The molecule has 3 heteroatoms. The lowest BCUT2D eigenvalue weighted by Gasteiger charge is -2.12. The zero-order chi connectivity index (χ0) is 42.6. The number of hydrogen-bond donors (Lipinski definition) is 0. The van der Waals surface area contributed by atoms with Crippen LogP contribution in [-0.2, 0) is 0 Å². The van der Waals surface area contributed by atoms with Gasteiger partial charge in [0.1, 0.15) is 5.84 Å². The lowest BCUT2D eigenvalue weighted by Crippen LogP contribution is -2.09. The second kappa shape index (κ2) is 17.5. The second-order valence-corrected chi connectivity index (χ2v) is 15.7. The van der Waals surface area contributed by atoms with Gasteiger partial charge in [-0.25, -0.2) is 0 Å². The molecule has 0 aliphatic rings. The van der Waals surface area contributed by atoms with E-state index in [9.17, 15) is 0 Å². The highest BCUT2D eigenvalue weighted by molar-refractivity contribution is 6.18. The van der Waals surface area contributed by atoms with Gasteiger partial charge in [-0.15, -0.1) is 0 Å². The molecule has 10 aromatic rings. The molecule has 10 rings (SSSR count). The van der Waals surface area contributed by atoms with Gasteiger partial charge in [-0.2, -0.15) is 0 Å². The fourth-order valence-electron chi connectivity index (χ4n) is 8.80. The Morgan fingerprint density at radius 2 is 1.10 bits per heavy atom. The number of benzene rings is 8. The molecule has 0 fully saturated rings. The third-order valence-corrected chi connectivity index (χ3v) is 11.8. The Balaban J connectivity index is 0.000000560. The Labute approximate surface area is 364 Å². The van der Waals surface area contributed by atoms with Gasteiger partial charge in [0.2, 0.25) is 0 Å². The van der Waals surface area contributed by atoms with Crippen LogP contribution in [0.4, 0.5) is 0 Å². The molecular formula is C59H49N3. The fourth-order valence-corrected chi connectivity index (χ4v) is 8.80. The molecule has 0 spiro atoms. The van der Waals surface area contributed by atoms with Gasteiger partial charge >= 0.3 is 0 Å². The van der Waals surface area contributed by atoms with E-state index in [-0.39, 0.29) is 0 Å². The van der Waals surface area contributed by atoms with Crippen molar-refractivity contribution in [1.29, 1.82) is 0 Å². The fraction of sp³-hybridized carbons (Fsp3) is 0.0678. The highest BCUT2D eigenvalue weighted by atomic mass is 15.1. The van der Waals surface area contributed by atoms with E-state index in [1.165, 1.54) is 76.8 Å². The van der Waals surface area contributed by atoms with E-state index in [2.05, 4.69) is 211 Å². The van der Waals surface area contributed by atoms with Crippen LogP contribution in [0, 0.1) is 0 Å². The van der Waals surface area contributed by atoms with E-state index in [4.69, 9.17) is 4.99 Å². The lowest BCUT2D eigenvalue weighted by atomic mass is 9.98. The molecule has 0 aliphatic carbocycles. The summed E-state index contributed by atoms with van der Waals surface area (Å²) in [4.78, 5) is 4.85. The van der Waals surface area contributed by atoms with Crippen molar-refractivity contribution in [2.75, 3.05) is 7.05 Å². The minimum atomic E-state index is 0.905. The molecule has 0 aliphatic heterocycles. The molecule has 0 radical (unpaired) electrons. The number of aromatic nitrogens is 2. The molecule has 2 heterocycles. The summed E-state index contributed by atoms with van der Waals surface area (Å²) in [6.45, 7) is 9.77. The van der Waals surface area contributed by atoms with E-state index in [1.54, 1.807) is 6.08 Å². The Hall–Kier alpha value is -7.75. The number of hydrogen-bond acceptors (Lipinski definition) is 1. The van der Waals surface area contributed by atoms with Gasteiger partial charge in [0.05, 0.1) is 22.1 Å². The maximum Gasteiger partial charge on any atom is 0.132 e. The summed E-state index contributed by atoms with van der Waals surface area (Å²) in [5, 5.41) is 7.44. The van der Waals surface area contributed by atoms with Crippen molar-refractivity contribution in [1.82, 2.24) is 9.13 Å². The molecule has 300 valence electrons. The largest absolute Gasteiger partial charge is 0.309 e. The topological polar surface area (TPSA) is 22.2 Å². The van der Waals surface area contributed by atoms with Crippen molar-refractivity contribution in [2.24, 2.45) is 4.99 Å². The predicted molar refractivity (Wildman–Crippen MR) is 270 cm³/mol. The van der Waals surface area contributed by atoms with Gasteiger partial charge in [-0.05, 0) is 107 Å². The second-order valence-electron chi connectivity index (χ2n) is 15.7. The first-order valence-electron chi connectivity index (χ1n) is 21.3. The van der Waals surface area contributed by atoms with Crippen LogP contribution in [0.25, 0.3) is 87.9 Å². The van der Waals surface area contributed by atoms with Crippen LogP contribution in [0.1, 0.15) is 26.3 Å². The van der Waals surface area contributed by atoms with Crippen LogP contribution in [-0.4, -0.2) is 22.0 Å². The van der Waals surface area contributed by atoms with Crippen molar-refractivity contribution in [2.45, 2.75) is 20.8 Å². The quantitative estimate of drug-likeness (QED) is 0.0870. The highest BCUT2D eigenvalue weighted by Gasteiger charge is 2.17. The Bertz CT molecular complexity index is 3380. The molecule has 62 heavy (non-hydrogen) atoms. The van der Waals surface area contributed by atoms with Crippen LogP contribution in [0.5, 0.6) is 0 Å². The Kier molecular flexibility index (Phi) is 11.2. The van der Waals surface area contributed by atoms with E-state index in [0.29, 0.717) is 0 Å². The van der Waals surface area contributed by atoms with Crippen LogP contribution in [0.3, 0.4) is 0 Å². The molecule has 0 unspecified atom stereocenters. The average Bonchev–Trinajstić information content (AvgIpc) is 3.83. The van der Waals surface area contributed by atoms with E-state index < -0.39 is 0 Å². The minimum Gasteiger partial charge on any atom is -0.309 e. The van der Waals surface area contributed by atoms with Crippen LogP contribution in [0.15, 0.2) is 230 Å². The standard InChI is InChI=1S/C51H37N3.C8H12/c1-34(35-13-4-3-5-14-35)31-51(52-2)54-48-22-11-9-19-44(48)46-30-26-39(33-50(46)54)38-25-29-45-43-18-8-10-21-47(43)53(49(45)32-38)40-27-23-37(24-28-40)42-20-12-16-36-15-6-7-17-41(36)42;1-4-6-8(3)7-5-2/h3-33H,1-2H3;4-7H,1H2,2-3H3/b34-31+,52-51?;7-5-,8-6-. The van der Waals surface area contributed by atoms with Gasteiger partial charge in [-0.3, -0.25) is 9.56 Å². The molecule has 3 nitrogen and oxygen atoms in total. The van der Waals surface area contributed by atoms with E-state index in [0.717, 1.165) is 28.1 Å². The number of aliphatic imine (C=N–C) groups is 1. The third-order valence-electron chi connectivity index (χ3n) is 11.8. The molecule has 0 N–H and O–H groups in total. The summed E-state index contributed by atoms with van der Waals surface area (Å²) in [5.74, 6) is 0.905. The lowest BCUT2D eigenvalue weighted by molar-refractivity contribution is 1.18. The first kappa shape index (κ1) is 39.7. The van der Waals surface area contributed by atoms with E-state index >= 15 is 0 Å². The van der Waals surface area contributed by atoms with Crippen LogP contribution < -0.4 is 0 Å². The molecule has 2 aromatic heterocycles. The number of para-hydroxylation sites is 2. The summed E-state index contributed by atoms with van der Waals surface area (Å²) < 4.78 is 4.73. The maximum atomic E-state index is 4.85. The molecule has 0 saturated heterocycles. The third kappa shape index (κ3) is 7.50. The molecule has 0 bridgehead atoms. The monoisotopic (exact) mass is 799 g/mol. The number of nitrogens with zero attached hydrogens (tertiary/aromatic N) is 3.